The molecule has 3 aromatic rings. The fourth-order valence-corrected chi connectivity index (χ4v) is 4.46. The van der Waals surface area contributed by atoms with E-state index >= 15 is 0 Å². The van der Waals surface area contributed by atoms with Crippen molar-refractivity contribution in [2.45, 2.75) is 32.2 Å². The zero-order chi connectivity index (χ0) is 23.0. The number of hydrogen-bond acceptors (Lipinski definition) is 6. The van der Waals surface area contributed by atoms with Crippen molar-refractivity contribution < 1.29 is 21.6 Å². The fourth-order valence-electron chi connectivity index (χ4n) is 3.92. The molecule has 2 atom stereocenters. The highest BCUT2D eigenvalue weighted by molar-refractivity contribution is 7.88. The number of nitrogens with one attached hydrogen (secondary N) is 1. The van der Waals surface area contributed by atoms with E-state index in [9.17, 15) is 21.6 Å². The van der Waals surface area contributed by atoms with Gasteiger partial charge < -0.3 is 4.90 Å². The van der Waals surface area contributed by atoms with E-state index < -0.39 is 28.0 Å². The standard InChI is InChI=1S/C20H23F3N6O2S/c1-12-3-4-13(8-26-32(2,30)31)11-28(12)17-7-16(24-9-14(17)21)18-10-25-19-6-5-15(20(22)23)27-29(18)19/h5-7,9-10,12-13,20,26H,3-4,8,11H2,1-2H3. The summed E-state index contributed by atoms with van der Waals surface area (Å²) in [5.41, 5.74) is 0.993. The Kier molecular flexibility index (Phi) is 6.08. The van der Waals surface area contributed by atoms with Crippen molar-refractivity contribution in [1.29, 1.82) is 0 Å². The number of alkyl halides is 2. The molecule has 1 fully saturated rings. The van der Waals surface area contributed by atoms with Crippen LogP contribution < -0.4 is 9.62 Å². The lowest BCUT2D eigenvalue weighted by Crippen LogP contribution is -2.45. The highest BCUT2D eigenvalue weighted by atomic mass is 32.2. The predicted molar refractivity (Wildman–Crippen MR) is 114 cm³/mol. The van der Waals surface area contributed by atoms with E-state index in [-0.39, 0.29) is 18.5 Å². The third-order valence-corrected chi connectivity index (χ3v) is 6.32. The molecule has 4 rings (SSSR count). The quantitative estimate of drug-likeness (QED) is 0.598. The van der Waals surface area contributed by atoms with Crippen molar-refractivity contribution in [2.24, 2.45) is 5.92 Å². The first kappa shape index (κ1) is 22.5. The lowest BCUT2D eigenvalue weighted by atomic mass is 9.93. The van der Waals surface area contributed by atoms with Crippen LogP contribution in [0.5, 0.6) is 0 Å². The number of halogens is 3. The third-order valence-electron chi connectivity index (χ3n) is 5.63. The number of pyridine rings is 1. The summed E-state index contributed by atoms with van der Waals surface area (Å²) >= 11 is 0. The maximum absolute atomic E-state index is 14.8. The summed E-state index contributed by atoms with van der Waals surface area (Å²) in [5.74, 6) is -0.504. The molecule has 0 saturated carbocycles. The van der Waals surface area contributed by atoms with E-state index in [0.717, 1.165) is 25.3 Å². The Balaban J connectivity index is 1.67. The lowest BCUT2D eigenvalue weighted by molar-refractivity contribution is 0.144. The Hall–Kier alpha value is -2.73. The van der Waals surface area contributed by atoms with Crippen molar-refractivity contribution >= 4 is 21.4 Å². The number of rotatable bonds is 6. The molecule has 3 aromatic heterocycles. The molecule has 0 aromatic carbocycles. The molecular weight excluding hydrogens is 445 g/mol. The van der Waals surface area contributed by atoms with E-state index in [4.69, 9.17) is 0 Å². The maximum Gasteiger partial charge on any atom is 0.282 e. The fraction of sp³-hybridized carbons (Fsp3) is 0.450. The first-order chi connectivity index (χ1) is 15.1. The minimum absolute atomic E-state index is 0.0167. The van der Waals surface area contributed by atoms with Gasteiger partial charge >= 0.3 is 0 Å². The molecule has 172 valence electrons. The number of nitrogens with zero attached hydrogens (tertiary/aromatic N) is 5. The van der Waals surface area contributed by atoms with Gasteiger partial charge in [0.25, 0.3) is 6.43 Å². The molecule has 32 heavy (non-hydrogen) atoms. The van der Waals surface area contributed by atoms with Gasteiger partial charge in [-0.25, -0.2) is 35.8 Å². The van der Waals surface area contributed by atoms with Gasteiger partial charge in [-0.3, -0.25) is 4.98 Å². The Bertz CT molecular complexity index is 1230. The maximum atomic E-state index is 14.8. The second kappa shape index (κ2) is 8.66. The summed E-state index contributed by atoms with van der Waals surface area (Å²) in [5, 5.41) is 3.94. The number of anilines is 1. The Morgan fingerprint density at radius 2 is 2.00 bits per heavy atom. The number of sulfonamides is 1. The van der Waals surface area contributed by atoms with Crippen molar-refractivity contribution in [3.63, 3.8) is 0 Å². The molecule has 4 heterocycles. The number of imidazole rings is 1. The third kappa shape index (κ3) is 4.70. The normalized spacial score (nSPS) is 19.8. The summed E-state index contributed by atoms with van der Waals surface area (Å²) in [7, 11) is -3.32. The van der Waals surface area contributed by atoms with Crippen LogP contribution in [0.2, 0.25) is 0 Å². The predicted octanol–water partition coefficient (Wildman–Crippen LogP) is 3.02. The first-order valence-electron chi connectivity index (χ1n) is 10.1. The summed E-state index contributed by atoms with van der Waals surface area (Å²) in [6, 6.07) is 4.23. The Labute approximate surface area is 183 Å². The van der Waals surface area contributed by atoms with Gasteiger partial charge in [0.05, 0.1) is 30.0 Å². The van der Waals surface area contributed by atoms with Gasteiger partial charge in [0.15, 0.2) is 11.5 Å². The van der Waals surface area contributed by atoms with E-state index in [1.54, 1.807) is 6.07 Å². The molecular formula is C20H23F3N6O2S. The zero-order valence-corrected chi connectivity index (χ0v) is 18.4. The van der Waals surface area contributed by atoms with Crippen LogP contribution in [0.3, 0.4) is 0 Å². The van der Waals surface area contributed by atoms with Crippen LogP contribution in [0, 0.1) is 11.7 Å². The van der Waals surface area contributed by atoms with Crippen LogP contribution in [-0.2, 0) is 10.0 Å². The summed E-state index contributed by atoms with van der Waals surface area (Å²) < 4.78 is 67.7. The van der Waals surface area contributed by atoms with Crippen LogP contribution in [-0.4, -0.2) is 53.4 Å². The minimum atomic E-state index is -3.32. The SMILES string of the molecule is CC1CCC(CNS(C)(=O)=O)CN1c1cc(-c2cnc3ccc(C(F)F)nn23)ncc1F. The van der Waals surface area contributed by atoms with Crippen LogP contribution in [0.25, 0.3) is 17.0 Å². The highest BCUT2D eigenvalue weighted by Crippen LogP contribution is 2.32. The van der Waals surface area contributed by atoms with Crippen LogP contribution in [0.4, 0.5) is 18.9 Å². The van der Waals surface area contributed by atoms with Crippen LogP contribution in [0.15, 0.2) is 30.6 Å². The Morgan fingerprint density at radius 3 is 2.72 bits per heavy atom. The van der Waals surface area contributed by atoms with E-state index in [0.29, 0.717) is 29.3 Å². The average Bonchev–Trinajstić information content (AvgIpc) is 3.16. The smallest absolute Gasteiger partial charge is 0.282 e. The molecule has 1 aliphatic heterocycles. The molecule has 1 N–H and O–H groups in total. The zero-order valence-electron chi connectivity index (χ0n) is 17.5. The van der Waals surface area contributed by atoms with Gasteiger partial charge in [0.1, 0.15) is 11.4 Å². The lowest BCUT2D eigenvalue weighted by Gasteiger charge is -2.39. The van der Waals surface area contributed by atoms with E-state index in [2.05, 4.69) is 19.8 Å². The van der Waals surface area contributed by atoms with Crippen molar-refractivity contribution in [3.8, 4) is 11.4 Å². The van der Waals surface area contributed by atoms with Gasteiger partial charge in [-0.15, -0.1) is 0 Å². The summed E-state index contributed by atoms with van der Waals surface area (Å²) in [6.07, 6.45) is 2.49. The van der Waals surface area contributed by atoms with Gasteiger partial charge in [-0.2, -0.15) is 5.10 Å². The summed E-state index contributed by atoms with van der Waals surface area (Å²) in [4.78, 5) is 10.2. The van der Waals surface area contributed by atoms with Gasteiger partial charge in [0, 0.05) is 19.1 Å². The molecule has 1 saturated heterocycles. The largest absolute Gasteiger partial charge is 0.366 e. The Morgan fingerprint density at radius 1 is 1.22 bits per heavy atom. The van der Waals surface area contributed by atoms with E-state index in [1.807, 2.05) is 11.8 Å². The second-order valence-corrected chi connectivity index (χ2v) is 9.89. The van der Waals surface area contributed by atoms with Crippen molar-refractivity contribution in [2.75, 3.05) is 24.2 Å². The van der Waals surface area contributed by atoms with Gasteiger partial charge in [-0.1, -0.05) is 0 Å². The molecule has 8 nitrogen and oxygen atoms in total. The van der Waals surface area contributed by atoms with Crippen molar-refractivity contribution in [1.82, 2.24) is 24.3 Å². The number of hydrogen-bond donors (Lipinski definition) is 1. The molecule has 0 spiro atoms. The molecule has 1 aliphatic rings. The number of fused-ring (bicyclic) bond motifs is 1. The molecule has 0 amide bonds. The second-order valence-electron chi connectivity index (χ2n) is 8.06. The minimum Gasteiger partial charge on any atom is -0.366 e. The molecule has 0 radical (unpaired) electrons. The van der Waals surface area contributed by atoms with E-state index in [1.165, 1.54) is 22.8 Å². The summed E-state index contributed by atoms with van der Waals surface area (Å²) in [6.45, 7) is 2.71. The average molecular weight is 469 g/mol. The van der Waals surface area contributed by atoms with Gasteiger partial charge in [-0.05, 0) is 43.9 Å². The van der Waals surface area contributed by atoms with Crippen LogP contribution in [0.1, 0.15) is 31.9 Å². The molecule has 0 aliphatic carbocycles. The first-order valence-corrected chi connectivity index (χ1v) is 12.0. The number of aromatic nitrogens is 4. The molecule has 0 bridgehead atoms. The van der Waals surface area contributed by atoms with Gasteiger partial charge in [0.2, 0.25) is 10.0 Å². The topological polar surface area (TPSA) is 92.5 Å². The molecule has 12 heteroatoms. The monoisotopic (exact) mass is 468 g/mol. The highest BCUT2D eigenvalue weighted by Gasteiger charge is 2.28. The molecule has 2 unspecified atom stereocenters. The number of piperidine rings is 1. The van der Waals surface area contributed by atoms with Crippen molar-refractivity contribution in [3.05, 3.63) is 42.1 Å². The van der Waals surface area contributed by atoms with Crippen LogP contribution >= 0.6 is 0 Å².